The molecule has 3 rings (SSSR count). The molecule has 1 aliphatic rings. The van der Waals surface area contributed by atoms with E-state index in [2.05, 4.69) is 5.32 Å². The molecule has 4 heteroatoms. The van der Waals surface area contributed by atoms with Gasteiger partial charge in [-0.2, -0.15) is 0 Å². The molecule has 17 heavy (non-hydrogen) atoms. The van der Waals surface area contributed by atoms with Crippen LogP contribution in [0.2, 0.25) is 0 Å². The lowest BCUT2D eigenvalue weighted by molar-refractivity contribution is -0.115. The Balaban J connectivity index is 1.95. The fourth-order valence-electron chi connectivity index (χ4n) is 2.08. The second kappa shape index (κ2) is 3.75. The maximum Gasteiger partial charge on any atom is 0.228 e. The summed E-state index contributed by atoms with van der Waals surface area (Å²) in [5.74, 6) is 0.756. The molecule has 1 aromatic carbocycles. The fraction of sp³-hybridized carbons (Fsp3) is 0.154. The molecule has 1 amide bonds. The van der Waals surface area contributed by atoms with E-state index >= 15 is 0 Å². The first-order valence-corrected chi connectivity index (χ1v) is 5.46. The van der Waals surface area contributed by atoms with Crippen molar-refractivity contribution < 1.29 is 9.21 Å². The zero-order valence-corrected chi connectivity index (χ0v) is 9.14. The topological polar surface area (TPSA) is 68.3 Å². The van der Waals surface area contributed by atoms with Crippen LogP contribution in [0.3, 0.4) is 0 Å². The van der Waals surface area contributed by atoms with Gasteiger partial charge in [0, 0.05) is 5.69 Å². The number of furan rings is 1. The summed E-state index contributed by atoms with van der Waals surface area (Å²) in [6.45, 7) is 0. The summed E-state index contributed by atoms with van der Waals surface area (Å²) in [4.78, 5) is 11.2. The number of hydrogen-bond acceptors (Lipinski definition) is 3. The molecule has 3 N–H and O–H groups in total. The van der Waals surface area contributed by atoms with Crippen LogP contribution in [-0.2, 0) is 11.2 Å². The van der Waals surface area contributed by atoms with E-state index in [1.54, 1.807) is 6.26 Å². The Morgan fingerprint density at radius 3 is 3.00 bits per heavy atom. The van der Waals surface area contributed by atoms with Gasteiger partial charge < -0.3 is 15.5 Å². The lowest BCUT2D eigenvalue weighted by Crippen LogP contribution is -2.10. The van der Waals surface area contributed by atoms with Gasteiger partial charge in [-0.3, -0.25) is 4.79 Å². The Morgan fingerprint density at radius 2 is 2.24 bits per heavy atom. The minimum atomic E-state index is -0.286. The van der Waals surface area contributed by atoms with Crippen molar-refractivity contribution in [3.63, 3.8) is 0 Å². The summed E-state index contributed by atoms with van der Waals surface area (Å²) < 4.78 is 5.28. The summed E-state index contributed by atoms with van der Waals surface area (Å²) in [5.41, 5.74) is 8.92. The molecule has 1 unspecified atom stereocenters. The highest BCUT2D eigenvalue weighted by atomic mass is 16.3. The molecule has 0 saturated carbocycles. The standard InChI is InChI=1S/C13H12N2O2/c14-13(11-2-1-5-17-11)8-3-4-10-9(6-8)7-12(16)15-10/h1-6,13H,7,14H2,(H,15,16). The highest BCUT2D eigenvalue weighted by Crippen LogP contribution is 2.28. The molecule has 2 aromatic rings. The van der Waals surface area contributed by atoms with Gasteiger partial charge in [0.05, 0.1) is 18.7 Å². The van der Waals surface area contributed by atoms with Gasteiger partial charge in [0.2, 0.25) is 5.91 Å². The smallest absolute Gasteiger partial charge is 0.228 e. The number of rotatable bonds is 2. The second-order valence-electron chi connectivity index (χ2n) is 4.13. The fourth-order valence-corrected chi connectivity index (χ4v) is 2.08. The average molecular weight is 228 g/mol. The van der Waals surface area contributed by atoms with Crippen molar-refractivity contribution in [1.82, 2.24) is 0 Å². The van der Waals surface area contributed by atoms with Gasteiger partial charge in [0.15, 0.2) is 0 Å². The van der Waals surface area contributed by atoms with Crippen LogP contribution in [0.25, 0.3) is 0 Å². The van der Waals surface area contributed by atoms with E-state index in [1.165, 1.54) is 0 Å². The minimum absolute atomic E-state index is 0.0312. The van der Waals surface area contributed by atoms with E-state index in [-0.39, 0.29) is 11.9 Å². The van der Waals surface area contributed by atoms with Crippen LogP contribution in [0.5, 0.6) is 0 Å². The Bertz CT molecular complexity index is 561. The third-order valence-corrected chi connectivity index (χ3v) is 2.96. The number of carbonyl (C=O) groups excluding carboxylic acids is 1. The van der Waals surface area contributed by atoms with Crippen molar-refractivity contribution in [1.29, 1.82) is 0 Å². The van der Waals surface area contributed by atoms with Gasteiger partial charge >= 0.3 is 0 Å². The quantitative estimate of drug-likeness (QED) is 0.823. The van der Waals surface area contributed by atoms with Crippen LogP contribution in [0.1, 0.15) is 22.9 Å². The second-order valence-corrected chi connectivity index (χ2v) is 4.13. The number of anilines is 1. The van der Waals surface area contributed by atoms with Crippen molar-refractivity contribution in [2.75, 3.05) is 5.32 Å². The molecule has 1 atom stereocenters. The Kier molecular flexibility index (Phi) is 2.23. The molecule has 0 spiro atoms. The van der Waals surface area contributed by atoms with Crippen LogP contribution in [-0.4, -0.2) is 5.91 Å². The predicted octanol–water partition coefficient (Wildman–Crippen LogP) is 1.82. The number of benzene rings is 1. The van der Waals surface area contributed by atoms with Crippen molar-refractivity contribution >= 4 is 11.6 Å². The molecule has 4 nitrogen and oxygen atoms in total. The molecule has 0 bridgehead atoms. The van der Waals surface area contributed by atoms with Gasteiger partial charge in [-0.25, -0.2) is 0 Å². The summed E-state index contributed by atoms with van der Waals surface area (Å²) >= 11 is 0. The van der Waals surface area contributed by atoms with E-state index in [0.29, 0.717) is 6.42 Å². The van der Waals surface area contributed by atoms with Gasteiger partial charge in [-0.05, 0) is 29.3 Å². The van der Waals surface area contributed by atoms with Gasteiger partial charge in [0.25, 0.3) is 0 Å². The number of nitrogens with one attached hydrogen (secondary N) is 1. The maximum absolute atomic E-state index is 11.2. The maximum atomic E-state index is 11.2. The largest absolute Gasteiger partial charge is 0.467 e. The van der Waals surface area contributed by atoms with E-state index in [1.807, 2.05) is 30.3 Å². The van der Waals surface area contributed by atoms with E-state index in [0.717, 1.165) is 22.6 Å². The highest BCUT2D eigenvalue weighted by Gasteiger charge is 2.20. The van der Waals surface area contributed by atoms with Crippen LogP contribution in [0, 0.1) is 0 Å². The molecule has 0 aliphatic carbocycles. The van der Waals surface area contributed by atoms with Crippen molar-refractivity contribution in [2.24, 2.45) is 5.73 Å². The van der Waals surface area contributed by atoms with Crippen LogP contribution in [0.15, 0.2) is 41.0 Å². The third-order valence-electron chi connectivity index (χ3n) is 2.96. The normalized spacial score (nSPS) is 15.5. The first-order valence-electron chi connectivity index (χ1n) is 5.46. The van der Waals surface area contributed by atoms with Gasteiger partial charge in [-0.1, -0.05) is 12.1 Å². The number of carbonyl (C=O) groups is 1. The third kappa shape index (κ3) is 1.72. The van der Waals surface area contributed by atoms with Gasteiger partial charge in [-0.15, -0.1) is 0 Å². The van der Waals surface area contributed by atoms with E-state index < -0.39 is 0 Å². The average Bonchev–Trinajstić information content (AvgIpc) is 2.94. The minimum Gasteiger partial charge on any atom is -0.467 e. The molecule has 86 valence electrons. The summed E-state index contributed by atoms with van der Waals surface area (Å²) in [7, 11) is 0. The highest BCUT2D eigenvalue weighted by molar-refractivity contribution is 5.99. The molecule has 0 saturated heterocycles. The summed E-state index contributed by atoms with van der Waals surface area (Å²) in [6.07, 6.45) is 2.03. The predicted molar refractivity (Wildman–Crippen MR) is 63.5 cm³/mol. The number of nitrogens with two attached hydrogens (primary N) is 1. The van der Waals surface area contributed by atoms with Crippen molar-refractivity contribution in [3.05, 3.63) is 53.5 Å². The molecule has 1 aromatic heterocycles. The number of fused-ring (bicyclic) bond motifs is 1. The Labute approximate surface area is 98.4 Å². The van der Waals surface area contributed by atoms with Crippen LogP contribution in [0.4, 0.5) is 5.69 Å². The zero-order chi connectivity index (χ0) is 11.8. The number of hydrogen-bond donors (Lipinski definition) is 2. The molecule has 2 heterocycles. The van der Waals surface area contributed by atoms with Gasteiger partial charge in [0.1, 0.15) is 5.76 Å². The van der Waals surface area contributed by atoms with Crippen LogP contribution >= 0.6 is 0 Å². The van der Waals surface area contributed by atoms with Crippen molar-refractivity contribution in [2.45, 2.75) is 12.5 Å². The summed E-state index contributed by atoms with van der Waals surface area (Å²) in [5, 5.41) is 2.80. The van der Waals surface area contributed by atoms with E-state index in [9.17, 15) is 4.79 Å². The Hall–Kier alpha value is -2.07. The SMILES string of the molecule is NC(c1ccc2c(c1)CC(=O)N2)c1ccco1. The van der Waals surface area contributed by atoms with Crippen LogP contribution < -0.4 is 11.1 Å². The lowest BCUT2D eigenvalue weighted by Gasteiger charge is -2.10. The molecular weight excluding hydrogens is 216 g/mol. The first kappa shape index (κ1) is 10.1. The first-order chi connectivity index (χ1) is 8.24. The molecule has 1 aliphatic heterocycles. The zero-order valence-electron chi connectivity index (χ0n) is 9.14. The molecule has 0 radical (unpaired) electrons. The lowest BCUT2D eigenvalue weighted by atomic mass is 10.0. The monoisotopic (exact) mass is 228 g/mol. The molecule has 0 fully saturated rings. The van der Waals surface area contributed by atoms with Crippen molar-refractivity contribution in [3.8, 4) is 0 Å². The summed E-state index contributed by atoms with van der Waals surface area (Å²) in [6, 6.07) is 9.14. The number of amides is 1. The van der Waals surface area contributed by atoms with E-state index in [4.69, 9.17) is 10.2 Å². The molecular formula is C13H12N2O2. The Morgan fingerprint density at radius 1 is 1.35 bits per heavy atom.